The van der Waals surface area contributed by atoms with Gasteiger partial charge in [-0.2, -0.15) is 0 Å². The minimum absolute atomic E-state index is 0.123. The summed E-state index contributed by atoms with van der Waals surface area (Å²) in [7, 11) is -2.14. The Bertz CT molecular complexity index is 1670. The molecule has 0 spiro atoms. The molecule has 266 valence electrons. The molecular weight excluding hydrogens is 653 g/mol. The Morgan fingerprint density at radius 1 is 1.08 bits per heavy atom. The molecule has 1 aliphatic rings. The molecule has 3 aromatic rings. The minimum Gasteiger partial charge on any atom is -0.490 e. The van der Waals surface area contributed by atoms with Crippen LogP contribution in [0.15, 0.2) is 71.6 Å². The number of nitrogens with zero attached hydrogens (tertiary/aromatic N) is 2. The first-order chi connectivity index (χ1) is 23.3. The second kappa shape index (κ2) is 17.1. The quantitative estimate of drug-likeness (QED) is 0.258. The number of carboxylic acids is 1. The number of aliphatic hydroxyl groups excluding tert-OH is 1. The highest BCUT2D eigenvalue weighted by molar-refractivity contribution is 7.92. The maximum atomic E-state index is 14.4. The summed E-state index contributed by atoms with van der Waals surface area (Å²) >= 11 is 0. The lowest BCUT2D eigenvalue weighted by atomic mass is 10.0. The number of carbonyl (C=O) groups is 2. The molecule has 1 amide bonds. The molecular formula is C36H46FN3O8S. The summed E-state index contributed by atoms with van der Waals surface area (Å²) in [4.78, 5) is 29.1. The van der Waals surface area contributed by atoms with Gasteiger partial charge >= 0.3 is 5.97 Å². The van der Waals surface area contributed by atoms with Gasteiger partial charge in [0.05, 0.1) is 40.9 Å². The first-order valence-corrected chi connectivity index (χ1v) is 17.9. The lowest BCUT2D eigenvalue weighted by Gasteiger charge is -2.36. The Balaban J connectivity index is 1.62. The summed E-state index contributed by atoms with van der Waals surface area (Å²) in [5.41, 5.74) is 1.42. The van der Waals surface area contributed by atoms with Gasteiger partial charge in [0, 0.05) is 37.8 Å². The van der Waals surface area contributed by atoms with Gasteiger partial charge in [0.2, 0.25) is 0 Å². The van der Waals surface area contributed by atoms with Crippen LogP contribution in [0.25, 0.3) is 0 Å². The van der Waals surface area contributed by atoms with Crippen molar-refractivity contribution >= 4 is 27.6 Å². The van der Waals surface area contributed by atoms with E-state index in [1.807, 2.05) is 20.9 Å². The molecule has 4 rings (SSSR count). The first-order valence-electron chi connectivity index (χ1n) is 16.4. The molecule has 11 nitrogen and oxygen atoms in total. The zero-order valence-electron chi connectivity index (χ0n) is 28.3. The van der Waals surface area contributed by atoms with E-state index in [0.29, 0.717) is 31.9 Å². The number of ether oxygens (including phenoxy) is 2. The van der Waals surface area contributed by atoms with Crippen LogP contribution in [0.2, 0.25) is 0 Å². The average Bonchev–Trinajstić information content (AvgIpc) is 3.06. The number of rotatable bonds is 10. The number of fused-ring (bicyclic) bond motifs is 1. The fourth-order valence-electron chi connectivity index (χ4n) is 5.71. The van der Waals surface area contributed by atoms with E-state index in [1.165, 1.54) is 12.1 Å². The van der Waals surface area contributed by atoms with Crippen LogP contribution in [0.5, 0.6) is 5.75 Å². The van der Waals surface area contributed by atoms with Gasteiger partial charge in [0.25, 0.3) is 15.9 Å². The van der Waals surface area contributed by atoms with E-state index in [1.54, 1.807) is 42.2 Å². The monoisotopic (exact) mass is 699 g/mol. The third-order valence-electron chi connectivity index (χ3n) is 8.57. The average molecular weight is 700 g/mol. The molecule has 3 N–H and O–H groups in total. The van der Waals surface area contributed by atoms with Gasteiger partial charge in [-0.05, 0) is 100 Å². The standard InChI is InChI=1S/C36H46FN3O8S/c1-24-20-40(25(2)23-41)35(42)32-19-30(38-49(45,46)31-15-12-29(37)13-16-31)14-17-33(32)48-26(3)7-5-6-18-47-34(24)22-39(4)21-27-8-10-28(11-9-27)36(43)44/h8-17,19,24-26,34,38,41H,5-7,18,20-23H2,1-4H3,(H,43,44)/t24-,25+,26+,34+/m0/s1. The highest BCUT2D eigenvalue weighted by Crippen LogP contribution is 2.29. The van der Waals surface area contributed by atoms with E-state index in [4.69, 9.17) is 9.47 Å². The lowest BCUT2D eigenvalue weighted by Crippen LogP contribution is -2.47. The maximum absolute atomic E-state index is 14.4. The molecule has 0 unspecified atom stereocenters. The second-order valence-electron chi connectivity index (χ2n) is 12.8. The number of nitrogens with one attached hydrogen (secondary N) is 1. The number of amides is 1. The number of aliphatic hydroxyl groups is 1. The number of likely N-dealkylation sites (N-methyl/N-ethyl adjacent to an activating group) is 1. The smallest absolute Gasteiger partial charge is 0.335 e. The number of carboxylic acid groups (broad SMARTS) is 1. The van der Waals surface area contributed by atoms with Gasteiger partial charge in [-0.3, -0.25) is 14.4 Å². The van der Waals surface area contributed by atoms with Crippen molar-refractivity contribution in [1.29, 1.82) is 0 Å². The second-order valence-corrected chi connectivity index (χ2v) is 14.5. The Labute approximate surface area is 287 Å². The maximum Gasteiger partial charge on any atom is 0.335 e. The fraction of sp³-hybridized carbons (Fsp3) is 0.444. The summed E-state index contributed by atoms with van der Waals surface area (Å²) in [5.74, 6) is -1.88. The molecule has 0 fully saturated rings. The molecule has 0 radical (unpaired) electrons. The normalized spacial score (nSPS) is 20.2. The van der Waals surface area contributed by atoms with Gasteiger partial charge < -0.3 is 24.6 Å². The van der Waals surface area contributed by atoms with Crippen LogP contribution in [-0.4, -0.2) is 91.9 Å². The fourth-order valence-corrected chi connectivity index (χ4v) is 6.76. The van der Waals surface area contributed by atoms with Crippen molar-refractivity contribution < 1.29 is 42.1 Å². The Kier molecular flexibility index (Phi) is 13.2. The SMILES string of the molecule is C[C@@H]1CCCCO[C@H](CN(C)Cc2ccc(C(=O)O)cc2)[C@@H](C)CN([C@H](C)CO)C(=O)c2cc(NS(=O)(=O)c3ccc(F)cc3)ccc2O1. The van der Waals surface area contributed by atoms with E-state index >= 15 is 0 Å². The number of hydrogen-bond acceptors (Lipinski definition) is 8. The van der Waals surface area contributed by atoms with E-state index in [-0.39, 0.29) is 53.0 Å². The molecule has 1 heterocycles. The van der Waals surface area contributed by atoms with Crippen LogP contribution in [0.3, 0.4) is 0 Å². The topological polar surface area (TPSA) is 146 Å². The van der Waals surface area contributed by atoms with Gasteiger partial charge in [-0.15, -0.1) is 0 Å². The number of aromatic carboxylic acids is 1. The van der Waals surface area contributed by atoms with Crippen molar-refractivity contribution in [2.24, 2.45) is 5.92 Å². The zero-order valence-corrected chi connectivity index (χ0v) is 29.2. The van der Waals surface area contributed by atoms with Crippen LogP contribution >= 0.6 is 0 Å². The predicted molar refractivity (Wildman–Crippen MR) is 184 cm³/mol. The van der Waals surface area contributed by atoms with E-state index in [9.17, 15) is 32.6 Å². The predicted octanol–water partition coefficient (Wildman–Crippen LogP) is 5.25. The zero-order chi connectivity index (χ0) is 35.7. The molecule has 1 aliphatic heterocycles. The third kappa shape index (κ3) is 10.5. The number of hydrogen-bond donors (Lipinski definition) is 3. The van der Waals surface area contributed by atoms with Gasteiger partial charge in [0.1, 0.15) is 11.6 Å². The molecule has 0 aromatic heterocycles. The van der Waals surface area contributed by atoms with Crippen molar-refractivity contribution in [3.8, 4) is 5.75 Å². The first kappa shape index (κ1) is 37.8. The highest BCUT2D eigenvalue weighted by Gasteiger charge is 2.31. The van der Waals surface area contributed by atoms with E-state index < -0.39 is 33.8 Å². The van der Waals surface area contributed by atoms with E-state index in [0.717, 1.165) is 42.7 Å². The van der Waals surface area contributed by atoms with Crippen LogP contribution in [-0.2, 0) is 21.3 Å². The summed E-state index contributed by atoms with van der Waals surface area (Å²) in [6, 6.07) is 15.1. The van der Waals surface area contributed by atoms with Gasteiger partial charge in [-0.1, -0.05) is 19.1 Å². The molecule has 0 saturated carbocycles. The van der Waals surface area contributed by atoms with Crippen molar-refractivity contribution in [3.63, 3.8) is 0 Å². The molecule has 13 heteroatoms. The van der Waals surface area contributed by atoms with E-state index in [2.05, 4.69) is 9.62 Å². The van der Waals surface area contributed by atoms with Crippen molar-refractivity contribution in [2.75, 3.05) is 38.1 Å². The van der Waals surface area contributed by atoms with Gasteiger partial charge in [-0.25, -0.2) is 17.6 Å². The lowest BCUT2D eigenvalue weighted by molar-refractivity contribution is -0.0177. The minimum atomic E-state index is -4.09. The van der Waals surface area contributed by atoms with Crippen LogP contribution in [0, 0.1) is 11.7 Å². The van der Waals surface area contributed by atoms with Gasteiger partial charge in [0.15, 0.2) is 0 Å². The Morgan fingerprint density at radius 2 is 1.78 bits per heavy atom. The number of carbonyl (C=O) groups excluding carboxylic acids is 1. The molecule has 4 atom stereocenters. The molecule has 0 bridgehead atoms. The largest absolute Gasteiger partial charge is 0.490 e. The summed E-state index contributed by atoms with van der Waals surface area (Å²) in [6.07, 6.45) is 1.77. The number of benzene rings is 3. The molecule has 3 aromatic carbocycles. The molecule has 0 saturated heterocycles. The number of anilines is 1. The van der Waals surface area contributed by atoms with Crippen LogP contribution in [0.1, 0.15) is 66.3 Å². The van der Waals surface area contributed by atoms with Crippen molar-refractivity contribution in [1.82, 2.24) is 9.80 Å². The Morgan fingerprint density at radius 3 is 2.43 bits per heavy atom. The van der Waals surface area contributed by atoms with Crippen LogP contribution in [0.4, 0.5) is 10.1 Å². The summed E-state index contributed by atoms with van der Waals surface area (Å²) < 4.78 is 54.8. The summed E-state index contributed by atoms with van der Waals surface area (Å²) in [5, 5.41) is 19.4. The third-order valence-corrected chi connectivity index (χ3v) is 9.97. The Hall–Kier alpha value is -4.04. The number of halogens is 1. The summed E-state index contributed by atoms with van der Waals surface area (Å²) in [6.45, 7) is 7.16. The highest BCUT2D eigenvalue weighted by atomic mass is 32.2. The number of sulfonamides is 1. The van der Waals surface area contributed by atoms with Crippen molar-refractivity contribution in [2.45, 2.75) is 69.7 Å². The van der Waals surface area contributed by atoms with Crippen LogP contribution < -0.4 is 9.46 Å². The molecule has 49 heavy (non-hydrogen) atoms. The molecule has 0 aliphatic carbocycles. The van der Waals surface area contributed by atoms with Crippen molar-refractivity contribution in [3.05, 3.63) is 89.2 Å².